The smallest absolute Gasteiger partial charge is 0.171 e. The summed E-state index contributed by atoms with van der Waals surface area (Å²) >= 11 is 12.1. The van der Waals surface area contributed by atoms with Crippen LogP contribution in [0.15, 0.2) is 35.6 Å². The average Bonchev–Trinajstić information content (AvgIpc) is 3.25. The molecule has 0 radical (unpaired) electrons. The molecule has 1 aliphatic rings. The third-order valence-electron chi connectivity index (χ3n) is 4.97. The number of benzene rings is 1. The lowest BCUT2D eigenvalue weighted by Crippen LogP contribution is -2.29. The molecule has 1 N–H and O–H groups in total. The third kappa shape index (κ3) is 6.48. The van der Waals surface area contributed by atoms with Crippen molar-refractivity contribution >= 4 is 29.6 Å². The number of nitrogens with one attached hydrogen (secondary N) is 1. The van der Waals surface area contributed by atoms with Crippen LogP contribution in [0.25, 0.3) is 0 Å². The first-order chi connectivity index (χ1) is 13.6. The van der Waals surface area contributed by atoms with Gasteiger partial charge in [-0.05, 0) is 63.2 Å². The Kier molecular flexibility index (Phi) is 8.15. The molecule has 3 rings (SSSR count). The second-order valence-electron chi connectivity index (χ2n) is 7.07. The van der Waals surface area contributed by atoms with Crippen molar-refractivity contribution in [1.29, 1.82) is 0 Å². The number of halogens is 2. The highest BCUT2D eigenvalue weighted by molar-refractivity contribution is 6.34. The molecule has 1 unspecified atom stereocenters. The number of rotatable bonds is 10. The molecule has 1 aliphatic heterocycles. The van der Waals surface area contributed by atoms with Crippen LogP contribution in [-0.2, 0) is 17.9 Å². The molecule has 0 amide bonds. The summed E-state index contributed by atoms with van der Waals surface area (Å²) in [5.74, 6) is 0.819. The highest BCUT2D eigenvalue weighted by Gasteiger charge is 2.19. The number of nitrogens with zero attached hydrogens (tertiary/aromatic N) is 4. The van der Waals surface area contributed by atoms with Crippen molar-refractivity contribution in [3.8, 4) is 0 Å². The molecule has 1 fully saturated rings. The Hall–Kier alpha value is -1.60. The van der Waals surface area contributed by atoms with Crippen LogP contribution >= 0.6 is 23.2 Å². The molecule has 152 valence electrons. The molecule has 8 heteroatoms. The van der Waals surface area contributed by atoms with Crippen molar-refractivity contribution in [2.75, 3.05) is 26.8 Å². The minimum atomic E-state index is 0.359. The van der Waals surface area contributed by atoms with Crippen molar-refractivity contribution in [2.24, 2.45) is 4.99 Å². The van der Waals surface area contributed by atoms with Crippen LogP contribution in [0.2, 0.25) is 10.0 Å². The Balaban J connectivity index is 1.36. The van der Waals surface area contributed by atoms with E-state index in [2.05, 4.69) is 27.2 Å². The molecule has 0 aliphatic carbocycles. The molecule has 0 spiro atoms. The number of likely N-dealkylation sites (tertiary alicyclic amines) is 1. The van der Waals surface area contributed by atoms with Gasteiger partial charge in [-0.1, -0.05) is 23.2 Å². The number of hydrogen-bond acceptors (Lipinski definition) is 5. The van der Waals surface area contributed by atoms with Crippen LogP contribution in [0.3, 0.4) is 0 Å². The molecule has 2 aromatic rings. The van der Waals surface area contributed by atoms with Crippen molar-refractivity contribution in [3.05, 3.63) is 52.0 Å². The van der Waals surface area contributed by atoms with Crippen molar-refractivity contribution in [1.82, 2.24) is 19.8 Å². The van der Waals surface area contributed by atoms with Gasteiger partial charge in [0.15, 0.2) is 6.40 Å². The van der Waals surface area contributed by atoms with Gasteiger partial charge >= 0.3 is 0 Å². The molecule has 1 aromatic carbocycles. The Morgan fingerprint density at radius 1 is 1.32 bits per heavy atom. The lowest BCUT2D eigenvalue weighted by molar-refractivity contribution is 0.288. The Morgan fingerprint density at radius 3 is 2.89 bits per heavy atom. The largest absolute Gasteiger partial charge is 0.476 e. The van der Waals surface area contributed by atoms with E-state index < -0.39 is 0 Å². The maximum absolute atomic E-state index is 6.07. The Labute approximate surface area is 176 Å². The average molecular weight is 424 g/mol. The van der Waals surface area contributed by atoms with Gasteiger partial charge < -0.3 is 14.2 Å². The summed E-state index contributed by atoms with van der Waals surface area (Å²) < 4.78 is 7.53. The lowest BCUT2D eigenvalue weighted by atomic mass is 10.1. The number of aliphatic imine (C=N–C) groups is 1. The van der Waals surface area contributed by atoms with Crippen LogP contribution in [0.5, 0.6) is 0 Å². The Bertz CT molecular complexity index is 759. The molecule has 0 saturated carbocycles. The minimum Gasteiger partial charge on any atom is -0.476 e. The van der Waals surface area contributed by atoms with Gasteiger partial charge in [-0.15, -0.1) is 0 Å². The molecular formula is C20H27Cl2N5O. The first-order valence-electron chi connectivity index (χ1n) is 9.57. The summed E-state index contributed by atoms with van der Waals surface area (Å²) in [4.78, 5) is 11.0. The standard InChI is InChI=1S/C20H27Cl2N5O/c1-26-7-2-3-19(26)4-5-23-14-24-15-28-13-20-25-6-8-27(20)12-16-9-17(21)11-18(22)10-16/h6,8-11,15,19,23H,2-5,7,12-14H2,1H3/b24-15+. The zero-order chi connectivity index (χ0) is 19.8. The van der Waals surface area contributed by atoms with Gasteiger partial charge in [-0.2, -0.15) is 0 Å². The maximum atomic E-state index is 6.07. The fourth-order valence-corrected chi connectivity index (χ4v) is 4.05. The normalized spacial score (nSPS) is 17.6. The van der Waals surface area contributed by atoms with E-state index in [1.165, 1.54) is 25.8 Å². The summed E-state index contributed by atoms with van der Waals surface area (Å²) in [6.45, 7) is 3.74. The fraction of sp³-hybridized carbons (Fsp3) is 0.500. The van der Waals surface area contributed by atoms with Gasteiger partial charge in [0.25, 0.3) is 0 Å². The van der Waals surface area contributed by atoms with Crippen LogP contribution in [0, 0.1) is 0 Å². The van der Waals surface area contributed by atoms with E-state index in [0.717, 1.165) is 24.4 Å². The van der Waals surface area contributed by atoms with Crippen LogP contribution in [0.4, 0.5) is 0 Å². The monoisotopic (exact) mass is 423 g/mol. The number of ether oxygens (including phenoxy) is 1. The molecule has 1 saturated heterocycles. The quantitative estimate of drug-likeness (QED) is 0.358. The molecular weight excluding hydrogens is 397 g/mol. The zero-order valence-electron chi connectivity index (χ0n) is 16.2. The molecule has 1 atom stereocenters. The van der Waals surface area contributed by atoms with E-state index >= 15 is 0 Å². The minimum absolute atomic E-state index is 0.359. The first kappa shape index (κ1) is 21.1. The van der Waals surface area contributed by atoms with Gasteiger partial charge in [0, 0.05) is 35.0 Å². The molecule has 0 bridgehead atoms. The van der Waals surface area contributed by atoms with Gasteiger partial charge in [0.1, 0.15) is 12.4 Å². The third-order valence-corrected chi connectivity index (χ3v) is 5.40. The summed E-state index contributed by atoms with van der Waals surface area (Å²) in [5, 5.41) is 4.58. The van der Waals surface area contributed by atoms with Crippen LogP contribution in [-0.4, -0.2) is 53.7 Å². The van der Waals surface area contributed by atoms with Gasteiger partial charge in [-0.25, -0.2) is 9.98 Å². The summed E-state index contributed by atoms with van der Waals surface area (Å²) in [6, 6.07) is 6.23. The molecule has 28 heavy (non-hydrogen) atoms. The van der Waals surface area contributed by atoms with Gasteiger partial charge in [-0.3, -0.25) is 5.32 Å². The number of hydrogen-bond donors (Lipinski definition) is 1. The van der Waals surface area contributed by atoms with E-state index in [1.807, 2.05) is 22.9 Å². The van der Waals surface area contributed by atoms with E-state index in [0.29, 0.717) is 35.9 Å². The lowest BCUT2D eigenvalue weighted by Gasteiger charge is -2.18. The van der Waals surface area contributed by atoms with Crippen LogP contribution < -0.4 is 5.32 Å². The Morgan fingerprint density at radius 2 is 2.14 bits per heavy atom. The van der Waals surface area contributed by atoms with E-state index in [4.69, 9.17) is 27.9 Å². The first-order valence-corrected chi connectivity index (χ1v) is 10.3. The highest BCUT2D eigenvalue weighted by Crippen LogP contribution is 2.20. The van der Waals surface area contributed by atoms with Gasteiger partial charge in [0.05, 0.1) is 6.67 Å². The predicted octanol–water partition coefficient (Wildman–Crippen LogP) is 3.81. The summed E-state index contributed by atoms with van der Waals surface area (Å²) in [6.07, 6.45) is 8.93. The van der Waals surface area contributed by atoms with Crippen molar-refractivity contribution in [2.45, 2.75) is 38.5 Å². The summed E-state index contributed by atoms with van der Waals surface area (Å²) in [5.41, 5.74) is 1.02. The second-order valence-corrected chi connectivity index (χ2v) is 7.94. The summed E-state index contributed by atoms with van der Waals surface area (Å²) in [7, 11) is 2.20. The number of aromatic nitrogens is 2. The molecule has 2 heterocycles. The van der Waals surface area contributed by atoms with Crippen LogP contribution in [0.1, 0.15) is 30.7 Å². The van der Waals surface area contributed by atoms with Gasteiger partial charge in [0.2, 0.25) is 0 Å². The molecule has 1 aromatic heterocycles. The predicted molar refractivity (Wildman–Crippen MR) is 114 cm³/mol. The van der Waals surface area contributed by atoms with E-state index in [9.17, 15) is 0 Å². The zero-order valence-corrected chi connectivity index (χ0v) is 17.7. The fourth-order valence-electron chi connectivity index (χ4n) is 3.48. The van der Waals surface area contributed by atoms with E-state index in [-0.39, 0.29) is 0 Å². The SMILES string of the molecule is CN1CCCC1CCNC/N=C/OCc1nccn1Cc1cc(Cl)cc(Cl)c1. The number of imidazole rings is 1. The topological polar surface area (TPSA) is 54.7 Å². The highest BCUT2D eigenvalue weighted by atomic mass is 35.5. The maximum Gasteiger partial charge on any atom is 0.171 e. The molecule has 6 nitrogen and oxygen atoms in total. The van der Waals surface area contributed by atoms with Crippen molar-refractivity contribution in [3.63, 3.8) is 0 Å². The van der Waals surface area contributed by atoms with E-state index in [1.54, 1.807) is 12.3 Å². The second kappa shape index (κ2) is 10.8. The van der Waals surface area contributed by atoms with Crippen molar-refractivity contribution < 1.29 is 4.74 Å².